The molecule has 0 N–H and O–H groups in total. The summed E-state index contributed by atoms with van der Waals surface area (Å²) in [5, 5.41) is 0. The van der Waals surface area contributed by atoms with Crippen LogP contribution in [0, 0.1) is 0 Å². The minimum atomic E-state index is 0.842. The third-order valence-corrected chi connectivity index (χ3v) is 1.56. The lowest BCUT2D eigenvalue weighted by molar-refractivity contribution is 0.145. The first-order valence-electron chi connectivity index (χ1n) is 4.00. The van der Waals surface area contributed by atoms with E-state index in [0.29, 0.717) is 0 Å². The number of hydrogen-bond donors (Lipinski definition) is 0. The van der Waals surface area contributed by atoms with Crippen molar-refractivity contribution < 1.29 is 4.74 Å². The van der Waals surface area contributed by atoms with Gasteiger partial charge in [-0.2, -0.15) is 0 Å². The fraction of sp³-hybridized carbons (Fsp3) is 0.778. The Labute approximate surface area is 64.1 Å². The van der Waals surface area contributed by atoms with Crippen LogP contribution in [0.15, 0.2) is 11.6 Å². The van der Waals surface area contributed by atoms with E-state index in [1.165, 1.54) is 12.0 Å². The van der Waals surface area contributed by atoms with Crippen molar-refractivity contribution in [1.82, 2.24) is 0 Å². The van der Waals surface area contributed by atoms with Crippen LogP contribution >= 0.6 is 0 Å². The molecule has 0 saturated heterocycles. The highest BCUT2D eigenvalue weighted by molar-refractivity contribution is 4.94. The highest BCUT2D eigenvalue weighted by Gasteiger charge is 1.88. The predicted molar refractivity (Wildman–Crippen MR) is 45.2 cm³/mol. The van der Waals surface area contributed by atoms with Gasteiger partial charge in [-0.15, -0.1) is 0 Å². The Balaban J connectivity index is 3.04. The zero-order chi connectivity index (χ0) is 7.82. The van der Waals surface area contributed by atoms with Crippen LogP contribution < -0.4 is 0 Å². The smallest absolute Gasteiger partial charge is 0.0468 e. The third kappa shape index (κ3) is 5.83. The lowest BCUT2D eigenvalue weighted by Gasteiger charge is -2.00. The first kappa shape index (κ1) is 9.70. The quantitative estimate of drug-likeness (QED) is 0.423. The highest BCUT2D eigenvalue weighted by Crippen LogP contribution is 2.02. The van der Waals surface area contributed by atoms with Crippen molar-refractivity contribution in [3.63, 3.8) is 0 Å². The van der Waals surface area contributed by atoms with Gasteiger partial charge < -0.3 is 4.74 Å². The highest BCUT2D eigenvalue weighted by atomic mass is 16.5. The number of hydrogen-bond acceptors (Lipinski definition) is 1. The second-order valence-electron chi connectivity index (χ2n) is 2.44. The molecule has 0 aromatic rings. The van der Waals surface area contributed by atoms with Crippen molar-refractivity contribution in [2.45, 2.75) is 33.6 Å². The lowest BCUT2D eigenvalue weighted by Crippen LogP contribution is -1.93. The summed E-state index contributed by atoms with van der Waals surface area (Å²) >= 11 is 0. The first-order chi connectivity index (χ1) is 4.81. The van der Waals surface area contributed by atoms with E-state index in [2.05, 4.69) is 19.9 Å². The van der Waals surface area contributed by atoms with E-state index >= 15 is 0 Å². The van der Waals surface area contributed by atoms with Crippen molar-refractivity contribution in [3.05, 3.63) is 11.6 Å². The van der Waals surface area contributed by atoms with Crippen LogP contribution in [0.1, 0.15) is 33.6 Å². The molecule has 0 fully saturated rings. The second kappa shape index (κ2) is 6.81. The Bertz CT molecular complexity index is 94.9. The van der Waals surface area contributed by atoms with Gasteiger partial charge in [0.25, 0.3) is 0 Å². The topological polar surface area (TPSA) is 9.23 Å². The molecule has 0 unspecified atom stereocenters. The second-order valence-corrected chi connectivity index (χ2v) is 2.44. The van der Waals surface area contributed by atoms with Crippen LogP contribution in [0.2, 0.25) is 0 Å². The molecule has 0 radical (unpaired) electrons. The molecule has 0 aliphatic rings. The molecule has 0 saturated carbocycles. The SMILES string of the molecule is CC=C(C)CCCOCC. The van der Waals surface area contributed by atoms with Gasteiger partial charge in [0.05, 0.1) is 0 Å². The maximum absolute atomic E-state index is 5.20. The van der Waals surface area contributed by atoms with Gasteiger partial charge in [0.2, 0.25) is 0 Å². The molecular weight excluding hydrogens is 124 g/mol. The monoisotopic (exact) mass is 142 g/mol. The van der Waals surface area contributed by atoms with Crippen LogP contribution in [0.25, 0.3) is 0 Å². The standard InChI is InChI=1S/C9H18O/c1-4-9(3)7-6-8-10-5-2/h4H,5-8H2,1-3H3. The van der Waals surface area contributed by atoms with Crippen LogP contribution in [0.3, 0.4) is 0 Å². The van der Waals surface area contributed by atoms with Gasteiger partial charge in [-0.1, -0.05) is 11.6 Å². The van der Waals surface area contributed by atoms with Crippen molar-refractivity contribution in [2.75, 3.05) is 13.2 Å². The average molecular weight is 142 g/mol. The zero-order valence-corrected chi connectivity index (χ0v) is 7.31. The lowest BCUT2D eigenvalue weighted by atomic mass is 10.2. The number of ether oxygens (including phenoxy) is 1. The summed E-state index contributed by atoms with van der Waals surface area (Å²) in [7, 11) is 0. The van der Waals surface area contributed by atoms with Gasteiger partial charge in [0, 0.05) is 13.2 Å². The fourth-order valence-corrected chi connectivity index (χ4v) is 0.742. The molecule has 0 spiro atoms. The molecule has 0 atom stereocenters. The summed E-state index contributed by atoms with van der Waals surface area (Å²) in [5.41, 5.74) is 1.46. The Kier molecular flexibility index (Phi) is 6.61. The van der Waals surface area contributed by atoms with E-state index in [0.717, 1.165) is 19.6 Å². The minimum absolute atomic E-state index is 0.842. The van der Waals surface area contributed by atoms with E-state index in [1.54, 1.807) is 0 Å². The minimum Gasteiger partial charge on any atom is -0.382 e. The summed E-state index contributed by atoms with van der Waals surface area (Å²) in [4.78, 5) is 0. The summed E-state index contributed by atoms with van der Waals surface area (Å²) < 4.78 is 5.20. The van der Waals surface area contributed by atoms with E-state index < -0.39 is 0 Å². The van der Waals surface area contributed by atoms with E-state index in [9.17, 15) is 0 Å². The van der Waals surface area contributed by atoms with Gasteiger partial charge in [-0.05, 0) is 33.6 Å². The van der Waals surface area contributed by atoms with Crippen molar-refractivity contribution >= 4 is 0 Å². The van der Waals surface area contributed by atoms with E-state index in [-0.39, 0.29) is 0 Å². The Morgan fingerprint density at radius 3 is 2.70 bits per heavy atom. The van der Waals surface area contributed by atoms with Crippen LogP contribution in [0.4, 0.5) is 0 Å². The third-order valence-electron chi connectivity index (χ3n) is 1.56. The predicted octanol–water partition coefficient (Wildman–Crippen LogP) is 2.77. The molecule has 0 aromatic carbocycles. The average Bonchev–Trinajstić information content (AvgIpc) is 1.98. The van der Waals surface area contributed by atoms with Gasteiger partial charge in [0.15, 0.2) is 0 Å². The maximum atomic E-state index is 5.20. The number of allylic oxidation sites excluding steroid dienone is 2. The van der Waals surface area contributed by atoms with Crippen LogP contribution in [-0.4, -0.2) is 13.2 Å². The summed E-state index contributed by atoms with van der Waals surface area (Å²) in [6.45, 7) is 8.01. The van der Waals surface area contributed by atoms with Crippen molar-refractivity contribution in [1.29, 1.82) is 0 Å². The molecule has 0 amide bonds. The molecule has 60 valence electrons. The Morgan fingerprint density at radius 2 is 2.20 bits per heavy atom. The molecular formula is C9H18O. The number of rotatable bonds is 5. The van der Waals surface area contributed by atoms with E-state index in [1.807, 2.05) is 6.92 Å². The van der Waals surface area contributed by atoms with Gasteiger partial charge in [-0.3, -0.25) is 0 Å². The molecule has 0 aliphatic heterocycles. The Hall–Kier alpha value is -0.300. The molecule has 0 bridgehead atoms. The molecule has 0 heterocycles. The molecule has 10 heavy (non-hydrogen) atoms. The molecule has 0 aromatic heterocycles. The van der Waals surface area contributed by atoms with Crippen molar-refractivity contribution in [3.8, 4) is 0 Å². The van der Waals surface area contributed by atoms with Crippen LogP contribution in [-0.2, 0) is 4.74 Å². The van der Waals surface area contributed by atoms with Crippen molar-refractivity contribution in [2.24, 2.45) is 0 Å². The zero-order valence-electron chi connectivity index (χ0n) is 7.31. The van der Waals surface area contributed by atoms with Gasteiger partial charge in [0.1, 0.15) is 0 Å². The summed E-state index contributed by atoms with van der Waals surface area (Å²) in [6, 6.07) is 0. The molecule has 0 aliphatic carbocycles. The normalized spacial score (nSPS) is 12.1. The van der Waals surface area contributed by atoms with Crippen LogP contribution in [0.5, 0.6) is 0 Å². The fourth-order valence-electron chi connectivity index (χ4n) is 0.742. The first-order valence-corrected chi connectivity index (χ1v) is 4.00. The largest absolute Gasteiger partial charge is 0.382 e. The van der Waals surface area contributed by atoms with E-state index in [4.69, 9.17) is 4.74 Å². The molecule has 1 nitrogen and oxygen atoms in total. The van der Waals surface area contributed by atoms with Gasteiger partial charge in [-0.25, -0.2) is 0 Å². The summed E-state index contributed by atoms with van der Waals surface area (Å²) in [5.74, 6) is 0. The molecule has 0 rings (SSSR count). The molecule has 1 heteroatoms. The van der Waals surface area contributed by atoms with Gasteiger partial charge >= 0.3 is 0 Å². The Morgan fingerprint density at radius 1 is 1.50 bits per heavy atom. The summed E-state index contributed by atoms with van der Waals surface area (Å²) in [6.07, 6.45) is 4.49. The maximum Gasteiger partial charge on any atom is 0.0468 e.